The number of hydrogen-bond acceptors (Lipinski definition) is 6. The van der Waals surface area contributed by atoms with Gasteiger partial charge >= 0.3 is 8.80 Å². The lowest BCUT2D eigenvalue weighted by Crippen LogP contribution is -2.46. The molecule has 0 fully saturated rings. The molecular formula is C24H38N2O3SSi. The Morgan fingerprint density at radius 1 is 0.806 bits per heavy atom. The molecule has 2 rings (SSSR count). The predicted molar refractivity (Wildman–Crippen MR) is 133 cm³/mol. The fraction of sp³-hybridized carbons (Fsp3) is 0.583. The summed E-state index contributed by atoms with van der Waals surface area (Å²) in [6.07, 6.45) is 8.31. The second-order valence-electron chi connectivity index (χ2n) is 7.42. The van der Waals surface area contributed by atoms with E-state index in [-0.39, 0.29) is 0 Å². The van der Waals surface area contributed by atoms with Crippen LogP contribution in [0.4, 0.5) is 0 Å². The highest BCUT2D eigenvalue weighted by molar-refractivity contribution is 7.99. The van der Waals surface area contributed by atoms with Crippen molar-refractivity contribution in [1.82, 2.24) is 9.97 Å². The van der Waals surface area contributed by atoms with Crippen molar-refractivity contribution in [3.8, 4) is 11.4 Å². The number of hydrogen-bond donors (Lipinski definition) is 0. The van der Waals surface area contributed by atoms with Crippen molar-refractivity contribution < 1.29 is 13.3 Å². The van der Waals surface area contributed by atoms with E-state index in [2.05, 4.69) is 35.1 Å². The zero-order valence-corrected chi connectivity index (χ0v) is 21.4. The van der Waals surface area contributed by atoms with Gasteiger partial charge in [0.05, 0.1) is 11.4 Å². The van der Waals surface area contributed by atoms with Crippen LogP contribution in [0.5, 0.6) is 0 Å². The molecule has 0 aliphatic heterocycles. The molecule has 0 amide bonds. The van der Waals surface area contributed by atoms with Gasteiger partial charge in [-0.2, -0.15) is 11.8 Å². The minimum Gasteiger partial charge on any atom is -0.374 e. The van der Waals surface area contributed by atoms with Crippen LogP contribution in [-0.2, 0) is 19.7 Å². The third kappa shape index (κ3) is 9.41. The van der Waals surface area contributed by atoms with Gasteiger partial charge < -0.3 is 13.3 Å². The summed E-state index contributed by atoms with van der Waals surface area (Å²) in [5, 5.41) is 0. The van der Waals surface area contributed by atoms with E-state index in [1.54, 1.807) is 0 Å². The fourth-order valence-corrected chi connectivity index (χ4v) is 7.30. The van der Waals surface area contributed by atoms with E-state index in [1.807, 2.05) is 51.0 Å². The van der Waals surface area contributed by atoms with E-state index < -0.39 is 8.80 Å². The van der Waals surface area contributed by atoms with E-state index in [1.165, 1.54) is 29.7 Å². The number of thioether (sulfide) groups is 1. The molecule has 2 heterocycles. The number of unbranched alkanes of at least 4 members (excludes halogenated alkanes) is 1. The molecule has 0 aliphatic rings. The Bertz CT molecular complexity index is 746. The van der Waals surface area contributed by atoms with Gasteiger partial charge in [0.25, 0.3) is 0 Å². The van der Waals surface area contributed by atoms with Gasteiger partial charge in [0.1, 0.15) is 0 Å². The van der Waals surface area contributed by atoms with Crippen LogP contribution >= 0.6 is 11.8 Å². The highest BCUT2D eigenvalue weighted by atomic mass is 32.2. The SMILES string of the molecule is CCO[Si](CCCSCCCCc1ccnc(-c2cc(C)ccn2)c1)(OCC)OCC. The van der Waals surface area contributed by atoms with Gasteiger partial charge in [-0.1, -0.05) is 0 Å². The Morgan fingerprint density at radius 2 is 1.42 bits per heavy atom. The number of aryl methyl sites for hydroxylation is 2. The molecule has 0 atom stereocenters. The van der Waals surface area contributed by atoms with Gasteiger partial charge in [-0.05, 0) is 100 Å². The van der Waals surface area contributed by atoms with Gasteiger partial charge in [0.15, 0.2) is 0 Å². The first kappa shape index (κ1) is 26.0. The summed E-state index contributed by atoms with van der Waals surface area (Å²) in [6, 6.07) is 9.29. The van der Waals surface area contributed by atoms with Crippen molar-refractivity contribution in [3.63, 3.8) is 0 Å². The normalized spacial score (nSPS) is 11.7. The third-order valence-corrected chi connectivity index (χ3v) is 9.18. The van der Waals surface area contributed by atoms with Crippen LogP contribution in [0.25, 0.3) is 11.4 Å². The van der Waals surface area contributed by atoms with E-state index in [4.69, 9.17) is 13.3 Å². The van der Waals surface area contributed by atoms with Crippen LogP contribution < -0.4 is 0 Å². The molecule has 0 aliphatic carbocycles. The Kier molecular flexibility index (Phi) is 12.4. The second-order valence-corrected chi connectivity index (χ2v) is 11.4. The molecule has 2 aromatic heterocycles. The maximum Gasteiger partial charge on any atom is 0.500 e. The fourth-order valence-electron chi connectivity index (χ4n) is 3.47. The van der Waals surface area contributed by atoms with Gasteiger partial charge in [-0.15, -0.1) is 0 Å². The molecule has 172 valence electrons. The lowest BCUT2D eigenvalue weighted by atomic mass is 10.1. The van der Waals surface area contributed by atoms with E-state index in [0.717, 1.165) is 36.0 Å². The van der Waals surface area contributed by atoms with Gasteiger partial charge in [-0.25, -0.2) is 0 Å². The zero-order valence-electron chi connectivity index (χ0n) is 19.6. The highest BCUT2D eigenvalue weighted by Gasteiger charge is 2.39. The molecule has 5 nitrogen and oxygen atoms in total. The van der Waals surface area contributed by atoms with E-state index >= 15 is 0 Å². The van der Waals surface area contributed by atoms with Crippen molar-refractivity contribution in [2.24, 2.45) is 0 Å². The number of rotatable bonds is 16. The van der Waals surface area contributed by atoms with Crippen LogP contribution in [0.2, 0.25) is 6.04 Å². The molecule has 7 heteroatoms. The molecule has 0 spiro atoms. The third-order valence-electron chi connectivity index (χ3n) is 4.87. The summed E-state index contributed by atoms with van der Waals surface area (Å²) in [6.45, 7) is 10.1. The summed E-state index contributed by atoms with van der Waals surface area (Å²) in [4.78, 5) is 8.95. The maximum absolute atomic E-state index is 5.93. The molecular weight excluding hydrogens is 424 g/mol. The van der Waals surface area contributed by atoms with Crippen molar-refractivity contribution in [1.29, 1.82) is 0 Å². The first-order valence-corrected chi connectivity index (χ1v) is 14.6. The molecule has 0 saturated heterocycles. The molecule has 2 aromatic rings. The Hall–Kier alpha value is -1.25. The summed E-state index contributed by atoms with van der Waals surface area (Å²) >= 11 is 2.02. The average Bonchev–Trinajstić information content (AvgIpc) is 2.76. The molecule has 0 saturated carbocycles. The summed E-state index contributed by atoms with van der Waals surface area (Å²) in [7, 11) is -2.48. The summed E-state index contributed by atoms with van der Waals surface area (Å²) in [5.41, 5.74) is 4.45. The Morgan fingerprint density at radius 3 is 2.06 bits per heavy atom. The lowest BCUT2D eigenvalue weighted by Gasteiger charge is -2.28. The van der Waals surface area contributed by atoms with Crippen LogP contribution in [0.1, 0.15) is 51.2 Å². The molecule has 0 unspecified atom stereocenters. The number of nitrogens with zero attached hydrogens (tertiary/aromatic N) is 2. The monoisotopic (exact) mass is 462 g/mol. The maximum atomic E-state index is 5.93. The van der Waals surface area contributed by atoms with Gasteiger partial charge in [-0.3, -0.25) is 9.97 Å². The second kappa shape index (κ2) is 14.7. The number of aromatic nitrogens is 2. The van der Waals surface area contributed by atoms with Gasteiger partial charge in [0, 0.05) is 38.3 Å². The molecule has 31 heavy (non-hydrogen) atoms. The van der Waals surface area contributed by atoms with Crippen molar-refractivity contribution >= 4 is 20.6 Å². The van der Waals surface area contributed by atoms with Crippen molar-refractivity contribution in [2.75, 3.05) is 31.3 Å². The topological polar surface area (TPSA) is 53.5 Å². The predicted octanol–water partition coefficient (Wildman–Crippen LogP) is 5.95. The molecule has 0 N–H and O–H groups in total. The zero-order chi connectivity index (χ0) is 22.4. The van der Waals surface area contributed by atoms with Crippen LogP contribution in [-0.4, -0.2) is 50.1 Å². The largest absolute Gasteiger partial charge is 0.500 e. The molecule has 0 radical (unpaired) electrons. The summed E-state index contributed by atoms with van der Waals surface area (Å²) < 4.78 is 17.8. The lowest BCUT2D eigenvalue weighted by molar-refractivity contribution is 0.0712. The smallest absolute Gasteiger partial charge is 0.374 e. The summed E-state index contributed by atoms with van der Waals surface area (Å²) in [5.74, 6) is 2.31. The van der Waals surface area contributed by atoms with E-state index in [9.17, 15) is 0 Å². The first-order chi connectivity index (χ1) is 15.1. The highest BCUT2D eigenvalue weighted by Crippen LogP contribution is 2.21. The van der Waals surface area contributed by atoms with Crippen LogP contribution in [0, 0.1) is 6.92 Å². The Labute approximate surface area is 193 Å². The molecule has 0 bridgehead atoms. The minimum atomic E-state index is -2.48. The van der Waals surface area contributed by atoms with E-state index in [0.29, 0.717) is 19.8 Å². The Balaban J connectivity index is 1.67. The first-order valence-electron chi connectivity index (χ1n) is 11.5. The van der Waals surface area contributed by atoms with Gasteiger partial charge in [0.2, 0.25) is 0 Å². The van der Waals surface area contributed by atoms with Crippen LogP contribution in [0.15, 0.2) is 36.7 Å². The number of pyridine rings is 2. The van der Waals surface area contributed by atoms with Crippen molar-refractivity contribution in [3.05, 3.63) is 47.8 Å². The quantitative estimate of drug-likeness (QED) is 0.227. The molecule has 0 aromatic carbocycles. The van der Waals surface area contributed by atoms with Crippen molar-refractivity contribution in [2.45, 2.75) is 59.4 Å². The average molecular weight is 463 g/mol. The van der Waals surface area contributed by atoms with Crippen LogP contribution in [0.3, 0.4) is 0 Å². The minimum absolute atomic E-state index is 0.649. The standard InChI is InChI=1S/C24H38N2O3SSi/c1-5-27-31(28-6-2,29-7-3)18-10-17-30-16-9-8-11-22-13-15-26-24(20-22)23-19-21(4)12-14-25-23/h12-15,19-20H,5-11,16-18H2,1-4H3.